The molecule has 148 valence electrons. The van der Waals surface area contributed by atoms with Crippen molar-refractivity contribution < 1.29 is 13.2 Å². The summed E-state index contributed by atoms with van der Waals surface area (Å²) in [6, 6.07) is 8.01. The second kappa shape index (κ2) is 7.55. The molecule has 0 unspecified atom stereocenters. The van der Waals surface area contributed by atoms with Gasteiger partial charge in [-0.15, -0.1) is 0 Å². The first-order chi connectivity index (χ1) is 12.9. The van der Waals surface area contributed by atoms with Crippen molar-refractivity contribution in [2.24, 2.45) is 17.8 Å². The normalized spacial score (nSPS) is 29.1. The number of piperidine rings is 1. The molecular formula is C21H30N2O3S. The van der Waals surface area contributed by atoms with Gasteiger partial charge in [0.05, 0.1) is 5.75 Å². The van der Waals surface area contributed by atoms with Crippen molar-refractivity contribution in [2.45, 2.75) is 57.2 Å². The number of benzene rings is 1. The fourth-order valence-electron chi connectivity index (χ4n) is 5.22. The zero-order chi connectivity index (χ0) is 19.0. The molecule has 0 aromatic heterocycles. The van der Waals surface area contributed by atoms with Crippen LogP contribution in [0.1, 0.15) is 49.7 Å². The quantitative estimate of drug-likeness (QED) is 0.841. The molecule has 2 saturated carbocycles. The molecule has 5 nitrogen and oxygen atoms in total. The van der Waals surface area contributed by atoms with Gasteiger partial charge in [0, 0.05) is 25.0 Å². The summed E-state index contributed by atoms with van der Waals surface area (Å²) in [5.41, 5.74) is 1.89. The molecule has 1 aromatic rings. The maximum Gasteiger partial charge on any atom is 0.223 e. The van der Waals surface area contributed by atoms with Gasteiger partial charge >= 0.3 is 0 Å². The van der Waals surface area contributed by atoms with Crippen LogP contribution in [0.4, 0.5) is 0 Å². The van der Waals surface area contributed by atoms with Gasteiger partial charge in [0.2, 0.25) is 15.9 Å². The van der Waals surface area contributed by atoms with Crippen molar-refractivity contribution in [2.75, 3.05) is 13.1 Å². The maximum atomic E-state index is 12.7. The highest BCUT2D eigenvalue weighted by atomic mass is 32.2. The van der Waals surface area contributed by atoms with Crippen LogP contribution in [0.25, 0.3) is 0 Å². The van der Waals surface area contributed by atoms with Gasteiger partial charge < -0.3 is 5.32 Å². The number of nitrogens with one attached hydrogen (secondary N) is 1. The molecule has 1 N–H and O–H groups in total. The van der Waals surface area contributed by atoms with Crippen LogP contribution in [0.3, 0.4) is 0 Å². The first-order valence-electron chi connectivity index (χ1n) is 10.2. The van der Waals surface area contributed by atoms with E-state index in [1.165, 1.54) is 19.3 Å². The third kappa shape index (κ3) is 4.21. The molecule has 0 spiro atoms. The van der Waals surface area contributed by atoms with Gasteiger partial charge in [-0.05, 0) is 56.4 Å². The standard InChI is InChI=1S/C21H30N2O3S/c1-15-3-2-4-17(11-15)14-27(25,26)23-9-7-18(8-10-23)21(24)22-20-13-16-5-6-19(20)12-16/h2-4,11,16,18-20H,5-10,12-14H2,1H3,(H,22,24)/t16-,19-,20-/m0/s1. The van der Waals surface area contributed by atoms with Crippen molar-refractivity contribution in [1.29, 1.82) is 0 Å². The summed E-state index contributed by atoms with van der Waals surface area (Å²) < 4.78 is 27.0. The van der Waals surface area contributed by atoms with Gasteiger partial charge in [-0.25, -0.2) is 12.7 Å². The maximum absolute atomic E-state index is 12.7. The molecular weight excluding hydrogens is 360 g/mol. The largest absolute Gasteiger partial charge is 0.353 e. The lowest BCUT2D eigenvalue weighted by molar-refractivity contribution is -0.127. The van der Waals surface area contributed by atoms with Crippen molar-refractivity contribution in [3.05, 3.63) is 35.4 Å². The first-order valence-corrected chi connectivity index (χ1v) is 11.9. The number of aryl methyl sites for hydroxylation is 1. The summed E-state index contributed by atoms with van der Waals surface area (Å²) in [4.78, 5) is 12.6. The van der Waals surface area contributed by atoms with Crippen LogP contribution in [0.15, 0.2) is 24.3 Å². The third-order valence-corrected chi connectivity index (χ3v) is 8.57. The van der Waals surface area contributed by atoms with Crippen LogP contribution in [0.5, 0.6) is 0 Å². The fraction of sp³-hybridized carbons (Fsp3) is 0.667. The van der Waals surface area contributed by atoms with Crippen molar-refractivity contribution in [3.8, 4) is 0 Å². The van der Waals surface area contributed by atoms with E-state index in [1.54, 1.807) is 4.31 Å². The molecule has 1 aromatic carbocycles. The van der Waals surface area contributed by atoms with E-state index in [1.807, 2.05) is 31.2 Å². The number of sulfonamides is 1. The Kier molecular flexibility index (Phi) is 5.30. The van der Waals surface area contributed by atoms with E-state index < -0.39 is 10.0 Å². The molecule has 1 heterocycles. The number of hydrogen-bond acceptors (Lipinski definition) is 3. The monoisotopic (exact) mass is 390 g/mol. The molecule has 1 saturated heterocycles. The van der Waals surface area contributed by atoms with Gasteiger partial charge in [0.15, 0.2) is 0 Å². The Balaban J connectivity index is 1.29. The van der Waals surface area contributed by atoms with Crippen LogP contribution in [-0.4, -0.2) is 37.8 Å². The minimum Gasteiger partial charge on any atom is -0.353 e. The number of amides is 1. The van der Waals surface area contributed by atoms with Crippen LogP contribution in [0.2, 0.25) is 0 Å². The number of carbonyl (C=O) groups is 1. The topological polar surface area (TPSA) is 66.5 Å². The second-order valence-electron chi connectivity index (χ2n) is 8.71. The predicted molar refractivity (Wildman–Crippen MR) is 105 cm³/mol. The number of carbonyl (C=O) groups excluding carboxylic acids is 1. The Hall–Kier alpha value is -1.40. The highest BCUT2D eigenvalue weighted by Crippen LogP contribution is 2.44. The lowest BCUT2D eigenvalue weighted by Crippen LogP contribution is -2.46. The minimum absolute atomic E-state index is 0.0384. The summed E-state index contributed by atoms with van der Waals surface area (Å²) in [5, 5.41) is 3.27. The molecule has 1 aliphatic heterocycles. The van der Waals surface area contributed by atoms with E-state index in [-0.39, 0.29) is 17.6 Å². The smallest absolute Gasteiger partial charge is 0.223 e. The van der Waals surface area contributed by atoms with E-state index in [2.05, 4.69) is 5.32 Å². The molecule has 4 rings (SSSR count). The Morgan fingerprint density at radius 2 is 1.93 bits per heavy atom. The van der Waals surface area contributed by atoms with E-state index in [0.717, 1.165) is 23.5 Å². The second-order valence-corrected chi connectivity index (χ2v) is 10.7. The lowest BCUT2D eigenvalue weighted by Gasteiger charge is -2.32. The van der Waals surface area contributed by atoms with Crippen molar-refractivity contribution in [3.63, 3.8) is 0 Å². The molecule has 6 heteroatoms. The molecule has 27 heavy (non-hydrogen) atoms. The van der Waals surface area contributed by atoms with Crippen LogP contribution in [0, 0.1) is 24.7 Å². The minimum atomic E-state index is -3.33. The fourth-order valence-corrected chi connectivity index (χ4v) is 6.77. The first kappa shape index (κ1) is 18.9. The number of hydrogen-bond donors (Lipinski definition) is 1. The van der Waals surface area contributed by atoms with Gasteiger partial charge in [-0.3, -0.25) is 4.79 Å². The van der Waals surface area contributed by atoms with E-state index in [9.17, 15) is 13.2 Å². The molecule has 3 aliphatic rings. The summed E-state index contributed by atoms with van der Waals surface area (Å²) in [6.07, 6.45) is 6.25. The van der Waals surface area contributed by atoms with Gasteiger partial charge in [-0.2, -0.15) is 0 Å². The summed E-state index contributed by atoms with van der Waals surface area (Å²) in [5.74, 6) is 1.62. The van der Waals surface area contributed by atoms with Gasteiger partial charge in [0.25, 0.3) is 0 Å². The zero-order valence-electron chi connectivity index (χ0n) is 16.1. The lowest BCUT2D eigenvalue weighted by atomic mass is 9.93. The average molecular weight is 391 g/mol. The van der Waals surface area contributed by atoms with Crippen LogP contribution >= 0.6 is 0 Å². The third-order valence-electron chi connectivity index (χ3n) is 6.72. The number of rotatable bonds is 5. The molecule has 2 aliphatic carbocycles. The molecule has 0 radical (unpaired) electrons. The zero-order valence-corrected chi connectivity index (χ0v) is 16.9. The Morgan fingerprint density at radius 3 is 2.56 bits per heavy atom. The van der Waals surface area contributed by atoms with Crippen molar-refractivity contribution >= 4 is 15.9 Å². The molecule has 3 fully saturated rings. The highest BCUT2D eigenvalue weighted by molar-refractivity contribution is 7.88. The van der Waals surface area contributed by atoms with Gasteiger partial charge in [-0.1, -0.05) is 36.2 Å². The summed E-state index contributed by atoms with van der Waals surface area (Å²) in [7, 11) is -3.33. The predicted octanol–water partition coefficient (Wildman–Crippen LogP) is 2.84. The Bertz CT molecular complexity index is 799. The summed E-state index contributed by atoms with van der Waals surface area (Å²) >= 11 is 0. The highest BCUT2D eigenvalue weighted by Gasteiger charge is 2.41. The Labute approximate surface area is 162 Å². The van der Waals surface area contributed by atoms with E-state index in [4.69, 9.17) is 0 Å². The average Bonchev–Trinajstić information content (AvgIpc) is 3.24. The number of fused-ring (bicyclic) bond motifs is 2. The number of nitrogens with zero attached hydrogens (tertiary/aromatic N) is 1. The molecule has 1 amide bonds. The summed E-state index contributed by atoms with van der Waals surface area (Å²) in [6.45, 7) is 2.86. The molecule has 3 atom stereocenters. The molecule has 2 bridgehead atoms. The van der Waals surface area contributed by atoms with Crippen LogP contribution in [-0.2, 0) is 20.6 Å². The van der Waals surface area contributed by atoms with E-state index in [0.29, 0.717) is 37.9 Å². The van der Waals surface area contributed by atoms with E-state index >= 15 is 0 Å². The van der Waals surface area contributed by atoms with Gasteiger partial charge in [0.1, 0.15) is 0 Å². The van der Waals surface area contributed by atoms with Crippen LogP contribution < -0.4 is 5.32 Å². The van der Waals surface area contributed by atoms with Crippen molar-refractivity contribution in [1.82, 2.24) is 9.62 Å². The SMILES string of the molecule is Cc1cccc(CS(=O)(=O)N2CCC(C(=O)N[C@H]3C[C@H]4CC[C@H]3C4)CC2)c1. The Morgan fingerprint density at radius 1 is 1.15 bits per heavy atom.